The van der Waals surface area contributed by atoms with Gasteiger partial charge in [-0.3, -0.25) is 4.79 Å². The van der Waals surface area contributed by atoms with Gasteiger partial charge in [-0.1, -0.05) is 25.9 Å². The number of carbonyl (C=O) groups is 1. The number of piperidine rings is 1. The van der Waals surface area contributed by atoms with Crippen LogP contribution in [0.2, 0.25) is 0 Å². The van der Waals surface area contributed by atoms with E-state index in [2.05, 4.69) is 37.8 Å². The third kappa shape index (κ3) is 4.26. The van der Waals surface area contributed by atoms with Crippen LogP contribution in [0.15, 0.2) is 23.2 Å². The molecule has 0 bridgehead atoms. The van der Waals surface area contributed by atoms with Gasteiger partial charge >= 0.3 is 0 Å². The van der Waals surface area contributed by atoms with E-state index in [-0.39, 0.29) is 11.9 Å². The van der Waals surface area contributed by atoms with Crippen molar-refractivity contribution < 1.29 is 9.32 Å². The highest BCUT2D eigenvalue weighted by atomic mass is 16.5. The third-order valence-electron chi connectivity index (χ3n) is 7.03. The number of hydrogen-bond donors (Lipinski definition) is 0. The van der Waals surface area contributed by atoms with Crippen LogP contribution in [0.4, 0.5) is 0 Å². The van der Waals surface area contributed by atoms with Crippen LogP contribution in [0.3, 0.4) is 0 Å². The highest BCUT2D eigenvalue weighted by Gasteiger charge is 2.35. The largest absolute Gasteiger partial charge is 0.361 e. The van der Waals surface area contributed by atoms with Crippen LogP contribution in [0.5, 0.6) is 0 Å². The zero-order valence-electron chi connectivity index (χ0n) is 18.2. The Balaban J connectivity index is 1.36. The van der Waals surface area contributed by atoms with Gasteiger partial charge in [0.1, 0.15) is 5.76 Å². The van der Waals surface area contributed by atoms with Gasteiger partial charge in [0.05, 0.1) is 12.0 Å². The molecule has 3 heterocycles. The van der Waals surface area contributed by atoms with Gasteiger partial charge in [-0.15, -0.1) is 0 Å². The summed E-state index contributed by atoms with van der Waals surface area (Å²) in [7, 11) is 0. The van der Waals surface area contributed by atoms with E-state index < -0.39 is 0 Å². The molecule has 0 spiro atoms. The van der Waals surface area contributed by atoms with Crippen molar-refractivity contribution in [1.29, 1.82) is 0 Å². The number of carbonyl (C=O) groups excluding carboxylic acids is 1. The van der Waals surface area contributed by atoms with Crippen molar-refractivity contribution in [2.45, 2.75) is 78.2 Å². The minimum absolute atomic E-state index is 0.137. The van der Waals surface area contributed by atoms with Gasteiger partial charge in [0.2, 0.25) is 5.91 Å². The van der Waals surface area contributed by atoms with E-state index >= 15 is 0 Å². The molecule has 0 aromatic carbocycles. The molecule has 6 heteroatoms. The first-order valence-corrected chi connectivity index (χ1v) is 11.1. The molecule has 0 N–H and O–H groups in total. The smallest absolute Gasteiger partial charge is 0.224 e. The van der Waals surface area contributed by atoms with Crippen molar-refractivity contribution in [3.8, 4) is 0 Å². The van der Waals surface area contributed by atoms with Crippen LogP contribution in [-0.2, 0) is 17.6 Å². The summed E-state index contributed by atoms with van der Waals surface area (Å²) in [6.45, 7) is 10.7. The number of hydrogen-bond acceptors (Lipinski definition) is 4. The lowest BCUT2D eigenvalue weighted by Gasteiger charge is -2.35. The Morgan fingerprint density at radius 1 is 1.28 bits per heavy atom. The van der Waals surface area contributed by atoms with Gasteiger partial charge in [-0.25, -0.2) is 4.98 Å². The molecule has 1 saturated heterocycles. The molecule has 29 heavy (non-hydrogen) atoms. The average molecular weight is 399 g/mol. The molecule has 0 unspecified atom stereocenters. The summed E-state index contributed by atoms with van der Waals surface area (Å²) < 4.78 is 7.86. The molecule has 2 aromatic rings. The maximum absolute atomic E-state index is 12.7. The first-order valence-electron chi connectivity index (χ1n) is 11.1. The van der Waals surface area contributed by atoms with Gasteiger partial charge in [0.25, 0.3) is 0 Å². The van der Waals surface area contributed by atoms with Crippen molar-refractivity contribution in [2.75, 3.05) is 13.1 Å². The quantitative estimate of drug-likeness (QED) is 0.767. The summed E-state index contributed by atoms with van der Waals surface area (Å²) in [4.78, 5) is 18.8. The normalized spacial score (nSPS) is 21.8. The summed E-state index contributed by atoms with van der Waals surface area (Å²) in [5, 5.41) is 4.41. The Morgan fingerprint density at radius 2 is 2.03 bits per heavy atom. The van der Waals surface area contributed by atoms with Crippen LogP contribution in [0.1, 0.15) is 82.4 Å². The Morgan fingerprint density at radius 3 is 2.69 bits per heavy atom. The minimum Gasteiger partial charge on any atom is -0.361 e. The molecule has 2 atom stereocenters. The van der Waals surface area contributed by atoms with E-state index in [0.29, 0.717) is 23.7 Å². The van der Waals surface area contributed by atoms with Crippen molar-refractivity contribution >= 4 is 5.91 Å². The second-order valence-electron chi connectivity index (χ2n) is 10.00. The Bertz CT molecular complexity index is 826. The van der Waals surface area contributed by atoms with Crippen LogP contribution in [0, 0.1) is 11.3 Å². The van der Waals surface area contributed by atoms with E-state index in [0.717, 1.165) is 44.5 Å². The van der Waals surface area contributed by atoms with E-state index in [1.54, 1.807) is 12.5 Å². The summed E-state index contributed by atoms with van der Waals surface area (Å²) in [5.41, 5.74) is 2.86. The van der Waals surface area contributed by atoms with E-state index in [1.165, 1.54) is 17.7 Å². The molecular formula is C23H34N4O2. The number of fused-ring (bicyclic) bond motifs is 1. The zero-order valence-corrected chi connectivity index (χ0v) is 18.2. The molecule has 2 aromatic heterocycles. The van der Waals surface area contributed by atoms with Crippen molar-refractivity contribution in [1.82, 2.24) is 19.6 Å². The predicted molar refractivity (Wildman–Crippen MR) is 112 cm³/mol. The van der Waals surface area contributed by atoms with Crippen LogP contribution in [-0.4, -0.2) is 38.6 Å². The molecule has 1 amide bonds. The molecule has 1 aliphatic carbocycles. The van der Waals surface area contributed by atoms with Gasteiger partial charge in [0, 0.05) is 49.4 Å². The highest BCUT2D eigenvalue weighted by Crippen LogP contribution is 2.41. The number of rotatable bonds is 4. The molecule has 0 saturated carbocycles. The molecule has 6 nitrogen and oxygen atoms in total. The van der Waals surface area contributed by atoms with Gasteiger partial charge in [0.15, 0.2) is 0 Å². The van der Waals surface area contributed by atoms with Crippen molar-refractivity contribution in [3.05, 3.63) is 35.7 Å². The van der Waals surface area contributed by atoms with E-state index in [4.69, 9.17) is 4.52 Å². The fraction of sp³-hybridized carbons (Fsp3) is 0.696. The predicted octanol–water partition coefficient (Wildman–Crippen LogP) is 4.38. The number of likely N-dealkylation sites (tertiary alicyclic amines) is 1. The molecule has 4 rings (SSSR count). The fourth-order valence-electron chi connectivity index (χ4n) is 4.90. The van der Waals surface area contributed by atoms with E-state index in [1.807, 2.05) is 15.7 Å². The molecular weight excluding hydrogens is 364 g/mol. The summed E-state index contributed by atoms with van der Waals surface area (Å²) in [6.07, 6.45) is 11.2. The van der Waals surface area contributed by atoms with Crippen LogP contribution >= 0.6 is 0 Å². The molecule has 1 aliphatic heterocycles. The first kappa shape index (κ1) is 20.2. The Kier molecular flexibility index (Phi) is 5.54. The summed E-state index contributed by atoms with van der Waals surface area (Å²) in [6, 6.07) is 0.137. The Hall–Kier alpha value is -2.11. The number of amides is 1. The number of imidazole rings is 1. The maximum atomic E-state index is 12.7. The lowest BCUT2D eigenvalue weighted by atomic mass is 9.71. The average Bonchev–Trinajstić information content (AvgIpc) is 3.37. The third-order valence-corrected chi connectivity index (χ3v) is 7.03. The number of aryl methyl sites for hydroxylation is 1. The molecule has 2 aliphatic rings. The summed E-state index contributed by atoms with van der Waals surface area (Å²) >= 11 is 0. The number of aromatic nitrogens is 3. The first-order chi connectivity index (χ1) is 13.8. The topological polar surface area (TPSA) is 64.2 Å². The fourth-order valence-corrected chi connectivity index (χ4v) is 4.90. The summed E-state index contributed by atoms with van der Waals surface area (Å²) in [5.74, 6) is 2.41. The lowest BCUT2D eigenvalue weighted by molar-refractivity contribution is -0.133. The SMILES string of the molecule is C[C@H](CC(=O)N1CCC(c2onc3c2C[C@@H](C(C)(C)C)CC3)CC1)n1ccnc1. The Labute approximate surface area is 173 Å². The lowest BCUT2D eigenvalue weighted by Crippen LogP contribution is -2.38. The molecule has 158 valence electrons. The van der Waals surface area contributed by atoms with Crippen molar-refractivity contribution in [2.24, 2.45) is 11.3 Å². The van der Waals surface area contributed by atoms with Gasteiger partial charge in [-0.2, -0.15) is 0 Å². The zero-order chi connectivity index (χ0) is 20.6. The minimum atomic E-state index is 0.137. The van der Waals surface area contributed by atoms with E-state index in [9.17, 15) is 4.79 Å². The van der Waals surface area contributed by atoms with Gasteiger partial charge < -0.3 is 14.0 Å². The van der Waals surface area contributed by atoms with Crippen molar-refractivity contribution in [3.63, 3.8) is 0 Å². The standard InChI is InChI=1S/C23H34N4O2/c1-16(27-12-9-24-15-27)13-21(28)26-10-7-17(8-11-26)22-19-14-18(23(2,3)4)5-6-20(19)25-29-22/h9,12,15-18H,5-8,10-11,13-14H2,1-4H3/t16-,18+/m1/s1. The second-order valence-corrected chi connectivity index (χ2v) is 10.00. The molecule has 0 radical (unpaired) electrons. The maximum Gasteiger partial charge on any atom is 0.224 e. The van der Waals surface area contributed by atoms with Crippen LogP contribution in [0.25, 0.3) is 0 Å². The monoisotopic (exact) mass is 398 g/mol. The van der Waals surface area contributed by atoms with Crippen LogP contribution < -0.4 is 0 Å². The second kappa shape index (κ2) is 7.96. The van der Waals surface area contributed by atoms with Gasteiger partial charge in [-0.05, 0) is 50.4 Å². The number of nitrogens with zero attached hydrogens (tertiary/aromatic N) is 4. The highest BCUT2D eigenvalue weighted by molar-refractivity contribution is 5.76. The molecule has 1 fully saturated rings.